The summed E-state index contributed by atoms with van der Waals surface area (Å²) in [6.07, 6.45) is -3.55. The summed E-state index contributed by atoms with van der Waals surface area (Å²) in [5.41, 5.74) is 0.431. The predicted molar refractivity (Wildman–Crippen MR) is 105 cm³/mol. The second-order valence-electron chi connectivity index (χ2n) is 7.15. The summed E-state index contributed by atoms with van der Waals surface area (Å²) < 4.78 is 45.9. The highest BCUT2D eigenvalue weighted by Crippen LogP contribution is 2.41. The predicted octanol–water partition coefficient (Wildman–Crippen LogP) is 4.76. The molecule has 0 radical (unpaired) electrons. The van der Waals surface area contributed by atoms with Crippen molar-refractivity contribution in [2.75, 3.05) is 6.61 Å². The molecular formula is C23H22F3NO3. The number of nitrogens with one attached hydrogen (secondary N) is 1. The highest BCUT2D eigenvalue weighted by molar-refractivity contribution is 5.96. The van der Waals surface area contributed by atoms with Gasteiger partial charge in [-0.25, -0.2) is 4.79 Å². The number of carbonyl (C=O) groups excluding carboxylic acids is 2. The van der Waals surface area contributed by atoms with Gasteiger partial charge in [0.1, 0.15) is 0 Å². The van der Waals surface area contributed by atoms with E-state index >= 15 is 0 Å². The number of carbonyl (C=O) groups is 2. The molecule has 2 aromatic rings. The van der Waals surface area contributed by atoms with Crippen LogP contribution in [-0.4, -0.2) is 18.5 Å². The summed E-state index contributed by atoms with van der Waals surface area (Å²) in [5, 5.41) is 2.54. The van der Waals surface area contributed by atoms with Crippen molar-refractivity contribution < 1.29 is 27.5 Å². The molecule has 0 saturated carbocycles. The number of alkyl halides is 3. The molecule has 0 saturated heterocycles. The first kappa shape index (κ1) is 21.6. The van der Waals surface area contributed by atoms with E-state index in [1.807, 2.05) is 30.3 Å². The van der Waals surface area contributed by atoms with Crippen LogP contribution >= 0.6 is 0 Å². The van der Waals surface area contributed by atoms with Crippen LogP contribution in [0.4, 0.5) is 13.2 Å². The van der Waals surface area contributed by atoms with Crippen molar-refractivity contribution in [3.63, 3.8) is 0 Å². The highest BCUT2D eigenvalue weighted by atomic mass is 19.4. The molecule has 0 fully saturated rings. The number of halogens is 3. The largest absolute Gasteiger partial charge is 0.462 e. The number of amides is 1. The van der Waals surface area contributed by atoms with Crippen molar-refractivity contribution in [3.05, 3.63) is 82.6 Å². The van der Waals surface area contributed by atoms with E-state index in [-0.39, 0.29) is 29.9 Å². The molecule has 1 N–H and O–H groups in total. The average Bonchev–Trinajstić information content (AvgIpc) is 2.70. The van der Waals surface area contributed by atoms with Gasteiger partial charge in [-0.05, 0) is 37.0 Å². The molecule has 0 aliphatic carbocycles. The number of rotatable bonds is 6. The highest BCUT2D eigenvalue weighted by Gasteiger charge is 2.39. The number of ether oxygens (including phenoxy) is 1. The summed E-state index contributed by atoms with van der Waals surface area (Å²) >= 11 is 0. The molecule has 0 spiro atoms. The van der Waals surface area contributed by atoms with Crippen LogP contribution in [0, 0.1) is 0 Å². The average molecular weight is 417 g/mol. The van der Waals surface area contributed by atoms with Crippen LogP contribution in [0.25, 0.3) is 0 Å². The zero-order valence-electron chi connectivity index (χ0n) is 16.5. The van der Waals surface area contributed by atoms with Gasteiger partial charge in [-0.3, -0.25) is 4.79 Å². The molecule has 7 heteroatoms. The maximum Gasteiger partial charge on any atom is 0.416 e. The summed E-state index contributed by atoms with van der Waals surface area (Å²) in [6.45, 7) is 1.63. The topological polar surface area (TPSA) is 55.4 Å². The lowest BCUT2D eigenvalue weighted by atomic mass is 9.82. The molecule has 0 aromatic heterocycles. The molecule has 1 atom stereocenters. The van der Waals surface area contributed by atoms with Crippen LogP contribution in [0.3, 0.4) is 0 Å². The minimum atomic E-state index is -4.59. The molecular weight excluding hydrogens is 395 g/mol. The lowest BCUT2D eigenvalue weighted by Gasteiger charge is -2.28. The Kier molecular flexibility index (Phi) is 6.59. The van der Waals surface area contributed by atoms with Gasteiger partial charge in [0, 0.05) is 18.0 Å². The second kappa shape index (κ2) is 9.15. The van der Waals surface area contributed by atoms with Gasteiger partial charge in [-0.15, -0.1) is 0 Å². The maximum absolute atomic E-state index is 13.5. The molecule has 30 heavy (non-hydrogen) atoms. The first-order valence-corrected chi connectivity index (χ1v) is 9.65. The lowest BCUT2D eigenvalue weighted by molar-refractivity contribution is -0.141. The Morgan fingerprint density at radius 1 is 1.10 bits per heavy atom. The smallest absolute Gasteiger partial charge is 0.416 e. The molecule has 3 rings (SSSR count). The zero-order valence-corrected chi connectivity index (χ0v) is 16.5. The van der Waals surface area contributed by atoms with E-state index in [1.165, 1.54) is 25.1 Å². The van der Waals surface area contributed by atoms with Gasteiger partial charge in [0.2, 0.25) is 5.91 Å². The molecule has 1 heterocycles. The summed E-state index contributed by atoms with van der Waals surface area (Å²) in [6, 6.07) is 14.7. The Morgan fingerprint density at radius 2 is 1.77 bits per heavy atom. The van der Waals surface area contributed by atoms with Gasteiger partial charge < -0.3 is 10.1 Å². The van der Waals surface area contributed by atoms with Crippen molar-refractivity contribution in [2.45, 2.75) is 38.3 Å². The first-order valence-electron chi connectivity index (χ1n) is 9.65. The Labute approximate surface area is 172 Å². The second-order valence-corrected chi connectivity index (χ2v) is 7.15. The van der Waals surface area contributed by atoms with E-state index in [1.54, 1.807) is 0 Å². The minimum absolute atomic E-state index is 0.0611. The summed E-state index contributed by atoms with van der Waals surface area (Å²) in [7, 11) is 0. The Balaban J connectivity index is 1.78. The van der Waals surface area contributed by atoms with Crippen molar-refractivity contribution in [1.29, 1.82) is 0 Å². The zero-order chi connectivity index (χ0) is 21.7. The molecule has 158 valence electrons. The van der Waals surface area contributed by atoms with Crippen LogP contribution in [0.1, 0.15) is 42.4 Å². The Morgan fingerprint density at radius 3 is 2.47 bits per heavy atom. The summed E-state index contributed by atoms with van der Waals surface area (Å²) in [5.74, 6) is -2.16. The van der Waals surface area contributed by atoms with Gasteiger partial charge in [-0.1, -0.05) is 48.5 Å². The van der Waals surface area contributed by atoms with E-state index in [9.17, 15) is 22.8 Å². The van der Waals surface area contributed by atoms with Crippen molar-refractivity contribution >= 4 is 11.9 Å². The minimum Gasteiger partial charge on any atom is -0.462 e. The maximum atomic E-state index is 13.5. The van der Waals surface area contributed by atoms with Crippen molar-refractivity contribution in [2.24, 2.45) is 0 Å². The van der Waals surface area contributed by atoms with Crippen LogP contribution < -0.4 is 5.32 Å². The number of hydrogen-bond donors (Lipinski definition) is 1. The van der Waals surface area contributed by atoms with Crippen LogP contribution in [-0.2, 0) is 26.9 Å². The van der Waals surface area contributed by atoms with Gasteiger partial charge in [-0.2, -0.15) is 13.2 Å². The standard InChI is InChI=1S/C23H22F3NO3/c1-15-21(22(29)30-13-7-10-16-8-3-2-4-9-16)18(14-20(28)27-15)17-11-5-6-12-19(17)23(24,25)26/h2-6,8-9,11-12,18H,7,10,13-14H2,1H3,(H,27,28)/t18-/m0/s1. The fourth-order valence-corrected chi connectivity index (χ4v) is 3.66. The molecule has 0 bridgehead atoms. The van der Waals surface area contributed by atoms with E-state index in [0.29, 0.717) is 12.8 Å². The fourth-order valence-electron chi connectivity index (χ4n) is 3.66. The molecule has 1 amide bonds. The van der Waals surface area contributed by atoms with E-state index in [4.69, 9.17) is 4.74 Å². The Bertz CT molecular complexity index is 952. The van der Waals surface area contributed by atoms with Gasteiger partial charge in [0.05, 0.1) is 17.7 Å². The monoisotopic (exact) mass is 417 g/mol. The van der Waals surface area contributed by atoms with Crippen molar-refractivity contribution in [3.8, 4) is 0 Å². The van der Waals surface area contributed by atoms with E-state index < -0.39 is 29.5 Å². The molecule has 0 unspecified atom stereocenters. The SMILES string of the molecule is CC1=C(C(=O)OCCCc2ccccc2)[C@H](c2ccccc2C(F)(F)F)CC(=O)N1. The normalized spacial score (nSPS) is 16.9. The van der Waals surface area contributed by atoms with E-state index in [2.05, 4.69) is 5.32 Å². The lowest BCUT2D eigenvalue weighted by Crippen LogP contribution is -2.35. The molecule has 4 nitrogen and oxygen atoms in total. The number of benzene rings is 2. The molecule has 2 aromatic carbocycles. The quantitative estimate of drug-likeness (QED) is 0.545. The van der Waals surface area contributed by atoms with Crippen LogP contribution in [0.15, 0.2) is 65.9 Å². The fraction of sp³-hybridized carbons (Fsp3) is 0.304. The third-order valence-corrected chi connectivity index (χ3v) is 5.02. The van der Waals surface area contributed by atoms with Crippen LogP contribution in [0.2, 0.25) is 0 Å². The number of esters is 1. The number of allylic oxidation sites excluding steroid dienone is 1. The first-order chi connectivity index (χ1) is 14.3. The number of aryl methyl sites for hydroxylation is 1. The van der Waals surface area contributed by atoms with Crippen LogP contribution in [0.5, 0.6) is 0 Å². The van der Waals surface area contributed by atoms with Gasteiger partial charge >= 0.3 is 12.1 Å². The third-order valence-electron chi connectivity index (χ3n) is 5.02. The molecule has 1 aliphatic heterocycles. The summed E-state index contributed by atoms with van der Waals surface area (Å²) in [4.78, 5) is 24.8. The van der Waals surface area contributed by atoms with Gasteiger partial charge in [0.25, 0.3) is 0 Å². The van der Waals surface area contributed by atoms with Gasteiger partial charge in [0.15, 0.2) is 0 Å². The van der Waals surface area contributed by atoms with E-state index in [0.717, 1.165) is 11.6 Å². The van der Waals surface area contributed by atoms with Crippen molar-refractivity contribution in [1.82, 2.24) is 5.32 Å². The Hall–Kier alpha value is -3.09. The third kappa shape index (κ3) is 5.09. The number of hydrogen-bond acceptors (Lipinski definition) is 3. The molecule has 1 aliphatic rings.